The van der Waals surface area contributed by atoms with Gasteiger partial charge in [0.2, 0.25) is 17.7 Å². The van der Waals surface area contributed by atoms with Crippen molar-refractivity contribution >= 4 is 37.1 Å². The van der Waals surface area contributed by atoms with Crippen molar-refractivity contribution in [3.8, 4) is 0 Å². The zero-order chi connectivity index (χ0) is 36.7. The number of halogens is 1. The molecule has 50 heavy (non-hydrogen) atoms. The second-order valence-corrected chi connectivity index (χ2v) is 15.4. The Morgan fingerprint density at radius 1 is 1.02 bits per heavy atom. The minimum absolute atomic E-state index is 0.0995. The number of benzene rings is 2. The van der Waals surface area contributed by atoms with Gasteiger partial charge in [-0.15, -0.1) is 0 Å². The van der Waals surface area contributed by atoms with E-state index in [1.165, 1.54) is 4.90 Å². The van der Waals surface area contributed by atoms with Crippen molar-refractivity contribution < 1.29 is 42.9 Å². The van der Waals surface area contributed by atoms with Crippen LogP contribution in [0.15, 0.2) is 54.6 Å². The number of nitrogens with zero attached hydrogens (tertiary/aromatic N) is 1. The molecular weight excluding hydrogens is 685 g/mol. The number of hydrogen-bond acceptors (Lipinski definition) is 9. The van der Waals surface area contributed by atoms with Gasteiger partial charge in [0, 0.05) is 31.0 Å². The monoisotopic (exact) mass is 737 g/mol. The van der Waals surface area contributed by atoms with Crippen LogP contribution in [0.5, 0.6) is 0 Å². The predicted octanol–water partition coefficient (Wildman–Crippen LogP) is 6.02. The molecule has 3 rings (SSSR count). The van der Waals surface area contributed by atoms with E-state index in [4.69, 9.17) is 25.4 Å². The molecule has 0 aliphatic heterocycles. The van der Waals surface area contributed by atoms with Crippen LogP contribution in [0.25, 0.3) is 0 Å². The molecule has 0 saturated heterocycles. The van der Waals surface area contributed by atoms with Crippen molar-refractivity contribution in [3.05, 3.63) is 70.7 Å². The minimum Gasteiger partial charge on any atom is -0.445 e. The molecule has 12 nitrogen and oxygen atoms in total. The van der Waals surface area contributed by atoms with Gasteiger partial charge in [-0.25, -0.2) is 4.79 Å². The van der Waals surface area contributed by atoms with Gasteiger partial charge in [0.25, 0.3) is 0 Å². The molecule has 0 heterocycles. The highest BCUT2D eigenvalue weighted by atomic mass is 35.5. The summed E-state index contributed by atoms with van der Waals surface area (Å²) in [6, 6.07) is 15.3. The zero-order valence-electron chi connectivity index (χ0n) is 29.5. The summed E-state index contributed by atoms with van der Waals surface area (Å²) in [6.45, 7) is 4.66. The lowest BCUT2D eigenvalue weighted by Gasteiger charge is -2.39. The van der Waals surface area contributed by atoms with Gasteiger partial charge in [0.15, 0.2) is 5.72 Å². The van der Waals surface area contributed by atoms with Crippen LogP contribution in [-0.4, -0.2) is 77.4 Å². The number of aliphatic hydroxyl groups is 2. The zero-order valence-corrected chi connectivity index (χ0v) is 31.2. The summed E-state index contributed by atoms with van der Waals surface area (Å²) in [5.74, 6) is -4.35. The van der Waals surface area contributed by atoms with Crippen molar-refractivity contribution in [1.29, 1.82) is 0 Å². The smallest absolute Gasteiger partial charge is 0.408 e. The van der Waals surface area contributed by atoms with E-state index in [0.29, 0.717) is 23.6 Å². The van der Waals surface area contributed by atoms with Gasteiger partial charge in [-0.1, -0.05) is 93.1 Å². The largest absolute Gasteiger partial charge is 0.445 e. The van der Waals surface area contributed by atoms with Crippen LogP contribution in [-0.2, 0) is 41.0 Å². The lowest BCUT2D eigenvalue weighted by atomic mass is 9.84. The molecule has 14 heteroatoms. The fourth-order valence-corrected chi connectivity index (χ4v) is 8.23. The molecule has 3 unspecified atom stereocenters. The van der Waals surface area contributed by atoms with E-state index < -0.39 is 49.5 Å². The lowest BCUT2D eigenvalue weighted by Crippen LogP contribution is -2.62. The fraction of sp³-hybridized carbons (Fsp3) is 0.583. The Balaban J connectivity index is 1.85. The second-order valence-electron chi connectivity index (χ2n) is 12.9. The van der Waals surface area contributed by atoms with E-state index in [2.05, 4.69) is 10.6 Å². The minimum atomic E-state index is -4.45. The van der Waals surface area contributed by atoms with Crippen molar-refractivity contribution in [2.45, 2.75) is 96.4 Å². The van der Waals surface area contributed by atoms with Crippen LogP contribution in [0.1, 0.15) is 76.8 Å². The number of alkyl carbamates (subject to hydrolysis) is 1. The number of carbonyl (C=O) groups excluding carboxylic acids is 3. The highest BCUT2D eigenvalue weighted by Gasteiger charge is 2.52. The number of rotatable bonds is 19. The SMILES string of the molecule is CCOP(=O)(OCC)C(O)C(O)(CC(C)C(=O)N(C)CCc1ccccc1)NC(=O)[C@H](CC1CCCCC1)NC(=O)OCc1cccc(Cl)c1. The van der Waals surface area contributed by atoms with Gasteiger partial charge in [0.1, 0.15) is 12.6 Å². The summed E-state index contributed by atoms with van der Waals surface area (Å²) in [7, 11) is -2.82. The molecule has 2 aromatic rings. The van der Waals surface area contributed by atoms with E-state index in [9.17, 15) is 29.2 Å². The summed E-state index contributed by atoms with van der Waals surface area (Å²) < 4.78 is 29.9. The maximum absolute atomic E-state index is 14.0. The maximum atomic E-state index is 14.0. The first-order valence-corrected chi connectivity index (χ1v) is 19.4. The first-order chi connectivity index (χ1) is 23.8. The molecule has 4 atom stereocenters. The Bertz CT molecular complexity index is 1420. The summed E-state index contributed by atoms with van der Waals surface area (Å²) in [6.07, 6.45) is 4.14. The third-order valence-electron chi connectivity index (χ3n) is 8.84. The first-order valence-electron chi connectivity index (χ1n) is 17.4. The highest BCUT2D eigenvalue weighted by molar-refractivity contribution is 7.54. The Morgan fingerprint density at radius 2 is 1.66 bits per heavy atom. The average Bonchev–Trinajstić information content (AvgIpc) is 3.09. The number of nitrogens with one attached hydrogen (secondary N) is 2. The highest BCUT2D eigenvalue weighted by Crippen LogP contribution is 2.55. The number of likely N-dealkylation sites (N-methyl/N-ethyl adjacent to an activating group) is 1. The molecule has 0 radical (unpaired) electrons. The molecule has 1 fully saturated rings. The molecule has 1 aliphatic rings. The molecule has 3 amide bonds. The Kier molecular flexibility index (Phi) is 16.7. The predicted molar refractivity (Wildman–Crippen MR) is 191 cm³/mol. The van der Waals surface area contributed by atoms with Crippen molar-refractivity contribution in [2.75, 3.05) is 26.8 Å². The van der Waals surface area contributed by atoms with E-state index in [0.717, 1.165) is 37.7 Å². The van der Waals surface area contributed by atoms with E-state index in [1.807, 2.05) is 30.3 Å². The van der Waals surface area contributed by atoms with E-state index >= 15 is 0 Å². The molecule has 0 spiro atoms. The lowest BCUT2D eigenvalue weighted by molar-refractivity contribution is -0.147. The molecular formula is C36H53ClN3O9P. The molecule has 4 N–H and O–H groups in total. The van der Waals surface area contributed by atoms with Crippen molar-refractivity contribution in [1.82, 2.24) is 15.5 Å². The van der Waals surface area contributed by atoms with Gasteiger partial charge in [0.05, 0.1) is 13.2 Å². The van der Waals surface area contributed by atoms with Gasteiger partial charge in [-0.2, -0.15) is 0 Å². The number of carbonyl (C=O) groups is 3. The number of aliphatic hydroxyl groups excluding tert-OH is 1. The summed E-state index contributed by atoms with van der Waals surface area (Å²) in [5.41, 5.74) is -0.979. The summed E-state index contributed by atoms with van der Waals surface area (Å²) >= 11 is 6.05. The normalized spacial score (nSPS) is 16.8. The average molecular weight is 738 g/mol. The van der Waals surface area contributed by atoms with Gasteiger partial charge >= 0.3 is 13.7 Å². The topological polar surface area (TPSA) is 164 Å². The van der Waals surface area contributed by atoms with Crippen molar-refractivity contribution in [3.63, 3.8) is 0 Å². The molecule has 2 aromatic carbocycles. The third-order valence-corrected chi connectivity index (χ3v) is 11.3. The number of hydrogen-bond donors (Lipinski definition) is 4. The Labute approximate surface area is 300 Å². The number of amides is 3. The Hall–Kier alpha value is -2.99. The summed E-state index contributed by atoms with van der Waals surface area (Å²) in [5, 5.41) is 29.1. The second kappa shape index (κ2) is 20.2. The third kappa shape index (κ3) is 12.7. The van der Waals surface area contributed by atoms with Gasteiger partial charge in [-0.3, -0.25) is 14.2 Å². The van der Waals surface area contributed by atoms with Crippen LogP contribution in [0.4, 0.5) is 4.79 Å². The first kappa shape index (κ1) is 41.4. The number of ether oxygens (including phenoxy) is 1. The maximum Gasteiger partial charge on any atom is 0.408 e. The Morgan fingerprint density at radius 3 is 2.28 bits per heavy atom. The molecule has 1 saturated carbocycles. The van der Waals surface area contributed by atoms with E-state index in [1.54, 1.807) is 52.1 Å². The van der Waals surface area contributed by atoms with Crippen LogP contribution in [0.2, 0.25) is 5.02 Å². The van der Waals surface area contributed by atoms with Crippen LogP contribution in [0.3, 0.4) is 0 Å². The standard InChI is InChI=1S/C36H53ClN3O9P/c1-5-48-50(46,49-6-2)34(43)36(45,24-26(3)33(42)40(4)21-20-27-14-9-7-10-15-27)39-32(41)31(23-28-16-11-8-12-17-28)38-35(44)47-25-29-18-13-19-30(37)22-29/h7,9-10,13-15,18-19,22,26,28,31,34,43,45H,5-6,8,11-12,16-17,20-21,23-25H2,1-4H3,(H,38,44)(H,39,41)/t26?,31-,34?,36?/m0/s1. The van der Waals surface area contributed by atoms with E-state index in [-0.39, 0.29) is 38.1 Å². The van der Waals surface area contributed by atoms with Crippen molar-refractivity contribution in [2.24, 2.45) is 11.8 Å². The van der Waals surface area contributed by atoms with Crippen LogP contribution < -0.4 is 10.6 Å². The van der Waals surface area contributed by atoms with Crippen LogP contribution >= 0.6 is 19.2 Å². The van der Waals surface area contributed by atoms with Crippen LogP contribution in [0, 0.1) is 11.8 Å². The molecule has 0 bridgehead atoms. The molecule has 1 aliphatic carbocycles. The van der Waals surface area contributed by atoms with Gasteiger partial charge < -0.3 is 39.5 Å². The molecule has 278 valence electrons. The van der Waals surface area contributed by atoms with Gasteiger partial charge in [-0.05, 0) is 55.9 Å². The fourth-order valence-electron chi connectivity index (χ4n) is 6.25. The molecule has 0 aromatic heterocycles. The summed E-state index contributed by atoms with van der Waals surface area (Å²) in [4.78, 5) is 42.1. The quantitative estimate of drug-likeness (QED) is 0.0997.